The van der Waals surface area contributed by atoms with Crippen LogP contribution in [0.15, 0.2) is 12.1 Å². The third kappa shape index (κ3) is 2.16. The number of esters is 1. The minimum Gasteiger partial charge on any atom is -0.496 e. The Morgan fingerprint density at radius 3 is 2.23 bits per heavy atom. The maximum Gasteiger partial charge on any atom is 0.320 e. The van der Waals surface area contributed by atoms with Gasteiger partial charge in [0.25, 0.3) is 0 Å². The summed E-state index contributed by atoms with van der Waals surface area (Å²) >= 11 is 0. The summed E-state index contributed by atoms with van der Waals surface area (Å²) in [4.78, 5) is 25.6. The number of hydrogen-bond acceptors (Lipinski definition) is 5. The number of carbonyl (C=O) groups is 2. The zero-order chi connectivity index (χ0) is 16.5. The van der Waals surface area contributed by atoms with Crippen LogP contribution in [0.3, 0.4) is 0 Å². The summed E-state index contributed by atoms with van der Waals surface area (Å²) in [7, 11) is 4.40. The first-order chi connectivity index (χ1) is 10.4. The summed E-state index contributed by atoms with van der Waals surface area (Å²) in [5.41, 5.74) is 0.0701. The molecule has 0 saturated heterocycles. The number of ether oxygens (including phenoxy) is 3. The lowest BCUT2D eigenvalue weighted by atomic mass is 9.64. The van der Waals surface area contributed by atoms with Gasteiger partial charge in [-0.3, -0.25) is 9.59 Å². The van der Waals surface area contributed by atoms with Gasteiger partial charge in [0, 0.05) is 5.56 Å². The molecule has 120 valence electrons. The van der Waals surface area contributed by atoms with Crippen molar-refractivity contribution in [3.63, 3.8) is 0 Å². The maximum absolute atomic E-state index is 13.2. The van der Waals surface area contributed by atoms with Gasteiger partial charge in [-0.2, -0.15) is 0 Å². The van der Waals surface area contributed by atoms with Crippen LogP contribution in [0.2, 0.25) is 0 Å². The average Bonchev–Trinajstić information content (AvgIpc) is 2.53. The lowest BCUT2D eigenvalue weighted by Crippen LogP contribution is -2.47. The minimum atomic E-state index is -1.17. The van der Waals surface area contributed by atoms with Crippen LogP contribution in [0, 0.1) is 11.3 Å². The van der Waals surface area contributed by atoms with Crippen LogP contribution in [-0.2, 0) is 16.0 Å². The number of ketones is 1. The number of rotatable bonds is 4. The van der Waals surface area contributed by atoms with Gasteiger partial charge in [0.05, 0.1) is 26.9 Å². The monoisotopic (exact) mass is 306 g/mol. The lowest BCUT2D eigenvalue weighted by molar-refractivity contribution is -0.152. The van der Waals surface area contributed by atoms with Gasteiger partial charge in [-0.25, -0.2) is 0 Å². The highest BCUT2D eigenvalue weighted by atomic mass is 16.5. The molecule has 0 bridgehead atoms. The smallest absolute Gasteiger partial charge is 0.320 e. The average molecular weight is 306 g/mol. The number of carbonyl (C=O) groups excluding carboxylic acids is 2. The van der Waals surface area contributed by atoms with Crippen molar-refractivity contribution in [2.24, 2.45) is 11.3 Å². The van der Waals surface area contributed by atoms with Crippen molar-refractivity contribution in [2.45, 2.75) is 26.7 Å². The number of Topliss-reactive ketones (excluding diaryl/α,β-unsaturated/α-hetero) is 1. The van der Waals surface area contributed by atoms with E-state index in [1.807, 2.05) is 13.8 Å². The molecule has 1 atom stereocenters. The Kier molecular flexibility index (Phi) is 4.44. The fraction of sp³-hybridized carbons (Fsp3) is 0.529. The highest BCUT2D eigenvalue weighted by molar-refractivity contribution is 6.16. The molecule has 5 nitrogen and oxygen atoms in total. The highest BCUT2D eigenvalue weighted by Gasteiger charge is 2.53. The standard InChI is InChI=1S/C17H22O5/c1-10(2)17(16(19)22-5)9-8-11-12(20-3)6-7-13(21-4)14(11)15(17)18/h6-7,10H,8-9H2,1-5H3/t17-/m1/s1. The molecule has 5 heteroatoms. The van der Waals surface area contributed by atoms with Gasteiger partial charge in [0.2, 0.25) is 0 Å². The van der Waals surface area contributed by atoms with Gasteiger partial charge in [-0.05, 0) is 30.9 Å². The molecular weight excluding hydrogens is 284 g/mol. The Labute approximate surface area is 130 Å². The van der Waals surface area contributed by atoms with E-state index in [9.17, 15) is 9.59 Å². The number of methoxy groups -OCH3 is 3. The van der Waals surface area contributed by atoms with E-state index in [1.165, 1.54) is 14.2 Å². The molecule has 0 heterocycles. The van der Waals surface area contributed by atoms with E-state index in [0.717, 1.165) is 5.56 Å². The van der Waals surface area contributed by atoms with Gasteiger partial charge < -0.3 is 14.2 Å². The quantitative estimate of drug-likeness (QED) is 0.632. The fourth-order valence-electron chi connectivity index (χ4n) is 3.29. The SMILES string of the molecule is COC(=O)[C@@]1(C(C)C)CCc2c(OC)ccc(OC)c2C1=O. The molecule has 0 aromatic heterocycles. The van der Waals surface area contributed by atoms with E-state index in [2.05, 4.69) is 0 Å². The van der Waals surface area contributed by atoms with Crippen molar-refractivity contribution in [2.75, 3.05) is 21.3 Å². The Balaban J connectivity index is 2.69. The van der Waals surface area contributed by atoms with Crippen LogP contribution < -0.4 is 9.47 Å². The maximum atomic E-state index is 13.2. The third-order valence-corrected chi connectivity index (χ3v) is 4.61. The first-order valence-corrected chi connectivity index (χ1v) is 7.31. The van der Waals surface area contributed by atoms with E-state index in [-0.39, 0.29) is 11.7 Å². The van der Waals surface area contributed by atoms with Crippen molar-refractivity contribution in [3.8, 4) is 11.5 Å². The second-order valence-electron chi connectivity index (χ2n) is 5.77. The predicted molar refractivity (Wildman–Crippen MR) is 81.5 cm³/mol. The molecule has 0 aliphatic heterocycles. The lowest BCUT2D eigenvalue weighted by Gasteiger charge is -2.38. The normalized spacial score (nSPS) is 20.5. The molecule has 0 radical (unpaired) electrons. The van der Waals surface area contributed by atoms with Crippen molar-refractivity contribution < 1.29 is 23.8 Å². The number of benzene rings is 1. The molecule has 0 amide bonds. The van der Waals surface area contributed by atoms with E-state index in [4.69, 9.17) is 14.2 Å². The van der Waals surface area contributed by atoms with Crippen LogP contribution in [0.5, 0.6) is 11.5 Å². The summed E-state index contributed by atoms with van der Waals surface area (Å²) in [5.74, 6) is 0.215. The minimum absolute atomic E-state index is 0.170. The summed E-state index contributed by atoms with van der Waals surface area (Å²) < 4.78 is 15.6. The molecule has 0 spiro atoms. The molecule has 0 fully saturated rings. The summed E-state index contributed by atoms with van der Waals surface area (Å²) in [6.45, 7) is 3.74. The van der Waals surface area contributed by atoms with Gasteiger partial charge in [0.1, 0.15) is 16.9 Å². The van der Waals surface area contributed by atoms with E-state index < -0.39 is 11.4 Å². The van der Waals surface area contributed by atoms with Crippen LogP contribution in [-0.4, -0.2) is 33.1 Å². The number of hydrogen-bond donors (Lipinski definition) is 0. The van der Waals surface area contributed by atoms with E-state index >= 15 is 0 Å². The van der Waals surface area contributed by atoms with E-state index in [0.29, 0.717) is 29.9 Å². The van der Waals surface area contributed by atoms with Crippen molar-refractivity contribution in [1.82, 2.24) is 0 Å². The van der Waals surface area contributed by atoms with Crippen LogP contribution in [0.25, 0.3) is 0 Å². The van der Waals surface area contributed by atoms with E-state index in [1.54, 1.807) is 19.2 Å². The molecule has 1 aliphatic rings. The topological polar surface area (TPSA) is 61.8 Å². The predicted octanol–water partition coefficient (Wildman–Crippen LogP) is 2.65. The van der Waals surface area contributed by atoms with Gasteiger partial charge in [-0.15, -0.1) is 0 Å². The number of fused-ring (bicyclic) bond motifs is 1. The van der Waals surface area contributed by atoms with Crippen molar-refractivity contribution in [1.29, 1.82) is 0 Å². The first kappa shape index (κ1) is 16.3. The van der Waals surface area contributed by atoms with Crippen molar-refractivity contribution in [3.05, 3.63) is 23.3 Å². The fourth-order valence-corrected chi connectivity index (χ4v) is 3.29. The first-order valence-electron chi connectivity index (χ1n) is 7.31. The second-order valence-corrected chi connectivity index (χ2v) is 5.77. The summed E-state index contributed by atoms with van der Waals surface area (Å²) in [6, 6.07) is 3.48. The van der Waals surface area contributed by atoms with Crippen molar-refractivity contribution >= 4 is 11.8 Å². The molecule has 2 rings (SSSR count). The van der Waals surface area contributed by atoms with Crippen LogP contribution >= 0.6 is 0 Å². The summed E-state index contributed by atoms with van der Waals surface area (Å²) in [6.07, 6.45) is 0.974. The Morgan fingerprint density at radius 2 is 1.73 bits per heavy atom. The summed E-state index contributed by atoms with van der Waals surface area (Å²) in [5, 5.41) is 0. The van der Waals surface area contributed by atoms with Crippen LogP contribution in [0.1, 0.15) is 36.2 Å². The Morgan fingerprint density at radius 1 is 1.14 bits per heavy atom. The third-order valence-electron chi connectivity index (χ3n) is 4.61. The van der Waals surface area contributed by atoms with Gasteiger partial charge in [0.15, 0.2) is 5.78 Å². The highest BCUT2D eigenvalue weighted by Crippen LogP contribution is 2.47. The molecular formula is C17H22O5. The zero-order valence-corrected chi connectivity index (χ0v) is 13.7. The molecule has 1 aromatic rings. The second kappa shape index (κ2) is 5.99. The molecule has 1 aromatic carbocycles. The Bertz CT molecular complexity index is 605. The molecule has 0 unspecified atom stereocenters. The molecule has 22 heavy (non-hydrogen) atoms. The Hall–Kier alpha value is -2.04. The molecule has 1 aliphatic carbocycles. The molecule has 0 saturated carbocycles. The van der Waals surface area contributed by atoms with Gasteiger partial charge >= 0.3 is 5.97 Å². The zero-order valence-electron chi connectivity index (χ0n) is 13.7. The molecule has 0 N–H and O–H groups in total. The van der Waals surface area contributed by atoms with Gasteiger partial charge in [-0.1, -0.05) is 13.8 Å². The van der Waals surface area contributed by atoms with Crippen LogP contribution in [0.4, 0.5) is 0 Å². The largest absolute Gasteiger partial charge is 0.496 e.